The molecule has 4 aliphatic rings. The molecule has 51 heavy (non-hydrogen) atoms. The number of hydrogen-bond donors (Lipinski definition) is 2. The van der Waals surface area contributed by atoms with Crippen molar-refractivity contribution >= 4 is 69.6 Å². The number of benzene rings is 4. The van der Waals surface area contributed by atoms with Gasteiger partial charge in [-0.15, -0.1) is 23.2 Å². The molecule has 2 aliphatic carbocycles. The second kappa shape index (κ2) is 12.0. The molecule has 6 unspecified atom stereocenters. The fourth-order valence-electron chi connectivity index (χ4n) is 8.28. The van der Waals surface area contributed by atoms with Crippen LogP contribution in [0.4, 0.5) is 27.1 Å². The minimum absolute atomic E-state index is 0.0845. The Bertz CT molecular complexity index is 2150. The van der Waals surface area contributed by atoms with Crippen LogP contribution in [0, 0.1) is 23.6 Å². The molecule has 8 rings (SSSR count). The van der Waals surface area contributed by atoms with E-state index >= 15 is 0 Å². The average molecular weight is 727 g/mol. The van der Waals surface area contributed by atoms with Crippen molar-refractivity contribution in [3.8, 4) is 11.5 Å². The smallest absolute Gasteiger partial charge is 0.258 e. The summed E-state index contributed by atoms with van der Waals surface area (Å²) in [5.74, 6) is -6.56. The average Bonchev–Trinajstić information content (AvgIpc) is 3.47. The highest BCUT2D eigenvalue weighted by Crippen LogP contribution is 2.66. The van der Waals surface area contributed by atoms with Gasteiger partial charge < -0.3 is 15.2 Å². The molecule has 2 saturated heterocycles. The number of fused-ring (bicyclic) bond motifs is 4. The summed E-state index contributed by atoms with van der Waals surface area (Å²) in [5.41, 5.74) is 3.13. The van der Waals surface area contributed by atoms with Crippen LogP contribution < -0.4 is 19.9 Å². The molecule has 12 heteroatoms. The summed E-state index contributed by atoms with van der Waals surface area (Å²) in [6.07, 6.45) is 1.80. The molecule has 0 bridgehead atoms. The summed E-state index contributed by atoms with van der Waals surface area (Å²) in [7, 11) is 1.37. The van der Waals surface area contributed by atoms with E-state index in [1.165, 1.54) is 36.3 Å². The number of allylic oxidation sites excluding steroid dienone is 2. The van der Waals surface area contributed by atoms with Gasteiger partial charge in [-0.05, 0) is 97.1 Å². The first kappa shape index (κ1) is 33.0. The van der Waals surface area contributed by atoms with E-state index in [1.54, 1.807) is 30.3 Å². The lowest BCUT2D eigenvalue weighted by molar-refractivity contribution is -0.125. The molecule has 3 fully saturated rings. The number of phenols is 1. The molecule has 258 valence electrons. The van der Waals surface area contributed by atoms with Crippen molar-refractivity contribution in [3.63, 3.8) is 0 Å². The molecule has 2 heterocycles. The zero-order chi connectivity index (χ0) is 35.8. The first-order valence-corrected chi connectivity index (χ1v) is 17.1. The van der Waals surface area contributed by atoms with Gasteiger partial charge >= 0.3 is 0 Å². The maximum Gasteiger partial charge on any atom is 0.258 e. The summed E-state index contributed by atoms with van der Waals surface area (Å²) in [6, 6.07) is 25.8. The van der Waals surface area contributed by atoms with Gasteiger partial charge in [0.1, 0.15) is 5.82 Å². The number of carbonyl (C=O) groups excluding carboxylic acids is 4. The number of carbonyl (C=O) groups is 4. The SMILES string of the molecule is COc1cc(C2C3=CCC4C(=O)N(c5ccc(Nc6ccccc6)cc5)C(=O)C4C3CC3(Cl)C(=O)N(c4ccc(F)cc4)C(=O)C23Cl)ccc1O. The van der Waals surface area contributed by atoms with Crippen molar-refractivity contribution in [1.29, 1.82) is 0 Å². The van der Waals surface area contributed by atoms with Crippen LogP contribution in [0.3, 0.4) is 0 Å². The highest BCUT2D eigenvalue weighted by Gasteiger charge is 2.76. The van der Waals surface area contributed by atoms with Crippen molar-refractivity contribution in [2.45, 2.75) is 28.5 Å². The molecular weight excluding hydrogens is 696 g/mol. The highest BCUT2D eigenvalue weighted by molar-refractivity contribution is 6.58. The van der Waals surface area contributed by atoms with E-state index in [0.29, 0.717) is 16.8 Å². The summed E-state index contributed by atoms with van der Waals surface area (Å²) < 4.78 is 19.3. The molecule has 4 amide bonds. The lowest BCUT2D eigenvalue weighted by Gasteiger charge is -2.50. The van der Waals surface area contributed by atoms with E-state index in [4.69, 9.17) is 27.9 Å². The van der Waals surface area contributed by atoms with Crippen LogP contribution >= 0.6 is 23.2 Å². The lowest BCUT2D eigenvalue weighted by atomic mass is 9.56. The zero-order valence-corrected chi connectivity index (χ0v) is 28.6. The molecule has 4 aromatic rings. The van der Waals surface area contributed by atoms with Gasteiger partial charge in [-0.2, -0.15) is 0 Å². The summed E-state index contributed by atoms with van der Waals surface area (Å²) >= 11 is 14.8. The number of halogens is 3. The Morgan fingerprint density at radius 3 is 2.14 bits per heavy atom. The predicted octanol–water partition coefficient (Wildman–Crippen LogP) is 7.05. The number of para-hydroxylation sites is 1. The van der Waals surface area contributed by atoms with Gasteiger partial charge in [0.15, 0.2) is 21.2 Å². The van der Waals surface area contributed by atoms with Gasteiger partial charge in [0, 0.05) is 17.3 Å². The van der Waals surface area contributed by atoms with E-state index in [0.717, 1.165) is 28.4 Å². The van der Waals surface area contributed by atoms with Gasteiger partial charge in [0.2, 0.25) is 11.8 Å². The second-order valence-corrected chi connectivity index (χ2v) is 14.5. The number of ether oxygens (including phenoxy) is 1. The molecular formula is C39H30Cl2FN3O6. The number of imide groups is 2. The third-order valence-electron chi connectivity index (χ3n) is 10.6. The normalized spacial score (nSPS) is 28.3. The van der Waals surface area contributed by atoms with Crippen LogP contribution in [0.5, 0.6) is 11.5 Å². The Balaban J connectivity index is 1.21. The largest absolute Gasteiger partial charge is 0.504 e. The molecule has 6 atom stereocenters. The standard InChI is InChI=1S/C39H30Cl2FN3O6/c1-51-31-19-21(7-18-30(31)46)33-27-16-17-28-32(35(48)44(34(28)47)25-14-10-24(11-15-25)43-23-5-3-2-4-6-23)29(27)20-38(40)36(49)45(37(50)39(33,38)41)26-12-8-22(42)9-13-26/h2-16,18-19,28-29,32-33,43,46H,17,20H2,1H3. The quantitative estimate of drug-likeness (QED) is 0.124. The maximum atomic E-state index is 14.5. The van der Waals surface area contributed by atoms with Gasteiger partial charge in [-0.3, -0.25) is 24.1 Å². The zero-order valence-electron chi connectivity index (χ0n) is 27.1. The van der Waals surface area contributed by atoms with Crippen LogP contribution in [0.25, 0.3) is 0 Å². The molecule has 1 saturated carbocycles. The van der Waals surface area contributed by atoms with E-state index < -0.39 is 57.0 Å². The summed E-state index contributed by atoms with van der Waals surface area (Å²) in [4.78, 5) is 55.3. The molecule has 0 aromatic heterocycles. The van der Waals surface area contributed by atoms with Crippen LogP contribution in [0.15, 0.2) is 109 Å². The number of nitrogens with one attached hydrogen (secondary N) is 1. The first-order chi connectivity index (χ1) is 24.5. The van der Waals surface area contributed by atoms with Gasteiger partial charge in [0.25, 0.3) is 11.8 Å². The van der Waals surface area contributed by atoms with Gasteiger partial charge in [-0.25, -0.2) is 9.29 Å². The third kappa shape index (κ3) is 4.80. The monoisotopic (exact) mass is 725 g/mol. The number of phenolic OH excluding ortho intramolecular Hbond substituents is 1. The maximum absolute atomic E-state index is 14.5. The van der Waals surface area contributed by atoms with E-state index in [2.05, 4.69) is 5.32 Å². The first-order valence-electron chi connectivity index (χ1n) is 16.4. The molecule has 0 spiro atoms. The van der Waals surface area contributed by atoms with Crippen molar-refractivity contribution < 1.29 is 33.4 Å². The number of nitrogens with zero attached hydrogens (tertiary/aromatic N) is 2. The predicted molar refractivity (Wildman–Crippen MR) is 190 cm³/mol. The van der Waals surface area contributed by atoms with Crippen LogP contribution in [-0.4, -0.2) is 45.6 Å². The topological polar surface area (TPSA) is 116 Å². The second-order valence-electron chi connectivity index (χ2n) is 13.2. The fraction of sp³-hybridized carbons (Fsp3) is 0.231. The number of anilines is 4. The number of rotatable bonds is 6. The summed E-state index contributed by atoms with van der Waals surface area (Å²) in [6.45, 7) is 0. The van der Waals surface area contributed by atoms with Crippen LogP contribution in [-0.2, 0) is 19.2 Å². The van der Waals surface area contributed by atoms with Gasteiger partial charge in [0.05, 0.1) is 30.3 Å². The van der Waals surface area contributed by atoms with Crippen molar-refractivity contribution in [2.75, 3.05) is 22.2 Å². The number of amides is 4. The summed E-state index contributed by atoms with van der Waals surface area (Å²) in [5, 5.41) is 13.7. The fourth-order valence-corrected chi connectivity index (χ4v) is 9.22. The van der Waals surface area contributed by atoms with Gasteiger partial charge in [-0.1, -0.05) is 35.9 Å². The molecule has 0 radical (unpaired) electrons. The Morgan fingerprint density at radius 1 is 0.804 bits per heavy atom. The highest BCUT2D eigenvalue weighted by atomic mass is 35.5. The minimum atomic E-state index is -2.11. The van der Waals surface area contributed by atoms with Crippen molar-refractivity contribution in [3.05, 3.63) is 120 Å². The van der Waals surface area contributed by atoms with Crippen LogP contribution in [0.2, 0.25) is 0 Å². The molecule has 2 aliphatic heterocycles. The van der Waals surface area contributed by atoms with E-state index in [1.807, 2.05) is 36.4 Å². The number of methoxy groups -OCH3 is 1. The molecule has 2 N–H and O–H groups in total. The molecule has 4 aromatic carbocycles. The van der Waals surface area contributed by atoms with Crippen LogP contribution in [0.1, 0.15) is 24.3 Å². The number of alkyl halides is 2. The lowest BCUT2D eigenvalue weighted by Crippen LogP contribution is -2.60. The number of aromatic hydroxyl groups is 1. The Labute approximate surface area is 302 Å². The minimum Gasteiger partial charge on any atom is -0.504 e. The number of hydrogen-bond acceptors (Lipinski definition) is 7. The third-order valence-corrected chi connectivity index (χ3v) is 12.0. The van der Waals surface area contributed by atoms with E-state index in [9.17, 15) is 28.7 Å². The Morgan fingerprint density at radius 2 is 1.45 bits per heavy atom. The Kier molecular flexibility index (Phi) is 7.73. The van der Waals surface area contributed by atoms with Crippen molar-refractivity contribution in [1.82, 2.24) is 0 Å². The Hall–Kier alpha value is -5.19. The van der Waals surface area contributed by atoms with E-state index in [-0.39, 0.29) is 35.9 Å². The molecule has 9 nitrogen and oxygen atoms in total. The van der Waals surface area contributed by atoms with Crippen molar-refractivity contribution in [2.24, 2.45) is 17.8 Å².